The van der Waals surface area contributed by atoms with Crippen LogP contribution in [0.15, 0.2) is 18.2 Å². The summed E-state index contributed by atoms with van der Waals surface area (Å²) in [4.78, 5) is 0. The molecule has 0 atom stereocenters. The lowest BCUT2D eigenvalue weighted by Gasteiger charge is -2.44. The molecule has 2 N–H and O–H groups in total. The van der Waals surface area contributed by atoms with Crippen LogP contribution in [0, 0.1) is 13.8 Å². The summed E-state index contributed by atoms with van der Waals surface area (Å²) >= 11 is 0. The van der Waals surface area contributed by atoms with Gasteiger partial charge < -0.3 is 5.73 Å². The van der Waals surface area contributed by atoms with Gasteiger partial charge in [-0.05, 0) is 32.3 Å². The van der Waals surface area contributed by atoms with Crippen LogP contribution >= 0.6 is 0 Å². The highest BCUT2D eigenvalue weighted by Crippen LogP contribution is 2.45. The average molecular weight is 207 g/mol. The number of aryl methyl sites for hydroxylation is 2. The number of alkyl halides is 1. The first-order valence-corrected chi connectivity index (χ1v) is 5.49. The lowest BCUT2D eigenvalue weighted by atomic mass is 9.63. The van der Waals surface area contributed by atoms with Crippen molar-refractivity contribution in [2.75, 3.05) is 6.54 Å². The van der Waals surface area contributed by atoms with Crippen molar-refractivity contribution >= 4 is 0 Å². The number of nitrogens with two attached hydrogens (primary N) is 1. The molecule has 2 rings (SSSR count). The van der Waals surface area contributed by atoms with E-state index in [1.807, 2.05) is 0 Å². The predicted molar refractivity (Wildman–Crippen MR) is 60.8 cm³/mol. The van der Waals surface area contributed by atoms with Crippen LogP contribution in [0.5, 0.6) is 0 Å². The number of hydrogen-bond acceptors (Lipinski definition) is 1. The molecular weight excluding hydrogens is 189 g/mol. The third-order valence-corrected chi connectivity index (χ3v) is 3.45. The Balaban J connectivity index is 2.35. The van der Waals surface area contributed by atoms with E-state index >= 15 is 0 Å². The predicted octanol–water partition coefficient (Wildman–Crippen LogP) is 2.63. The molecule has 1 aromatic carbocycles. The highest BCUT2D eigenvalue weighted by molar-refractivity contribution is 5.36. The third kappa shape index (κ3) is 1.78. The van der Waals surface area contributed by atoms with Crippen LogP contribution in [0.3, 0.4) is 0 Å². The van der Waals surface area contributed by atoms with Crippen LogP contribution in [0.1, 0.15) is 29.5 Å². The Morgan fingerprint density at radius 1 is 1.27 bits per heavy atom. The Morgan fingerprint density at radius 2 is 1.80 bits per heavy atom. The van der Waals surface area contributed by atoms with E-state index in [0.29, 0.717) is 19.4 Å². The molecule has 0 spiro atoms. The van der Waals surface area contributed by atoms with Gasteiger partial charge >= 0.3 is 0 Å². The first kappa shape index (κ1) is 10.6. The van der Waals surface area contributed by atoms with E-state index in [1.165, 1.54) is 16.7 Å². The molecule has 0 unspecified atom stereocenters. The molecule has 82 valence electrons. The summed E-state index contributed by atoms with van der Waals surface area (Å²) in [6.45, 7) is 4.70. The van der Waals surface area contributed by atoms with Crippen LogP contribution in [-0.4, -0.2) is 12.7 Å². The zero-order valence-corrected chi connectivity index (χ0v) is 9.39. The quantitative estimate of drug-likeness (QED) is 0.792. The summed E-state index contributed by atoms with van der Waals surface area (Å²) in [5, 5.41) is 0. The summed E-state index contributed by atoms with van der Waals surface area (Å²) in [6, 6.07) is 6.43. The molecule has 0 heterocycles. The Hall–Kier alpha value is -0.890. The van der Waals surface area contributed by atoms with Crippen molar-refractivity contribution in [1.29, 1.82) is 0 Å². The monoisotopic (exact) mass is 207 g/mol. The van der Waals surface area contributed by atoms with Crippen molar-refractivity contribution in [2.24, 2.45) is 5.73 Å². The van der Waals surface area contributed by atoms with Gasteiger partial charge in [0.2, 0.25) is 0 Å². The number of benzene rings is 1. The zero-order valence-electron chi connectivity index (χ0n) is 9.39. The summed E-state index contributed by atoms with van der Waals surface area (Å²) in [5.74, 6) is 0. The second-order valence-electron chi connectivity index (χ2n) is 4.87. The van der Waals surface area contributed by atoms with Gasteiger partial charge in [-0.1, -0.05) is 29.3 Å². The number of halogens is 1. The Morgan fingerprint density at radius 3 is 2.20 bits per heavy atom. The molecule has 1 aliphatic carbocycles. The molecule has 0 radical (unpaired) electrons. The van der Waals surface area contributed by atoms with Gasteiger partial charge in [-0.3, -0.25) is 0 Å². The van der Waals surface area contributed by atoms with E-state index < -0.39 is 6.17 Å². The summed E-state index contributed by atoms with van der Waals surface area (Å²) in [7, 11) is 0. The Bertz CT molecular complexity index is 347. The molecule has 0 saturated heterocycles. The normalized spacial score (nSPS) is 30.0. The lowest BCUT2D eigenvalue weighted by molar-refractivity contribution is 0.0996. The van der Waals surface area contributed by atoms with Gasteiger partial charge in [0.05, 0.1) is 0 Å². The largest absolute Gasteiger partial charge is 0.330 e. The highest BCUT2D eigenvalue weighted by atomic mass is 19.1. The minimum Gasteiger partial charge on any atom is -0.330 e. The van der Waals surface area contributed by atoms with Gasteiger partial charge in [0, 0.05) is 12.0 Å². The van der Waals surface area contributed by atoms with Crippen LogP contribution in [0.2, 0.25) is 0 Å². The average Bonchev–Trinajstić information content (AvgIpc) is 2.10. The SMILES string of the molecule is Cc1cc(C)cc(C2(CN)CC(F)C2)c1. The van der Waals surface area contributed by atoms with Gasteiger partial charge in [0.25, 0.3) is 0 Å². The van der Waals surface area contributed by atoms with Crippen molar-refractivity contribution in [2.45, 2.75) is 38.3 Å². The summed E-state index contributed by atoms with van der Waals surface area (Å²) in [5.41, 5.74) is 9.40. The Kier molecular flexibility index (Phi) is 2.55. The van der Waals surface area contributed by atoms with Gasteiger partial charge in [-0.15, -0.1) is 0 Å². The Labute approximate surface area is 90.5 Å². The fourth-order valence-electron chi connectivity index (χ4n) is 2.59. The summed E-state index contributed by atoms with van der Waals surface area (Å²) < 4.78 is 13.0. The highest BCUT2D eigenvalue weighted by Gasteiger charge is 2.44. The van der Waals surface area contributed by atoms with Crippen LogP contribution in [-0.2, 0) is 5.41 Å². The number of hydrogen-bond donors (Lipinski definition) is 1. The zero-order chi connectivity index (χ0) is 11.1. The summed E-state index contributed by atoms with van der Waals surface area (Å²) in [6.07, 6.45) is 0.521. The molecule has 0 aliphatic heterocycles. The van der Waals surface area contributed by atoms with Crippen molar-refractivity contribution in [3.8, 4) is 0 Å². The maximum Gasteiger partial charge on any atom is 0.102 e. The second kappa shape index (κ2) is 3.60. The van der Waals surface area contributed by atoms with E-state index in [4.69, 9.17) is 5.73 Å². The van der Waals surface area contributed by atoms with Gasteiger partial charge in [-0.25, -0.2) is 4.39 Å². The van der Waals surface area contributed by atoms with E-state index in [9.17, 15) is 4.39 Å². The molecule has 1 aliphatic rings. The second-order valence-corrected chi connectivity index (χ2v) is 4.87. The van der Waals surface area contributed by atoms with E-state index in [2.05, 4.69) is 32.0 Å². The first-order valence-electron chi connectivity index (χ1n) is 5.49. The fraction of sp³-hybridized carbons (Fsp3) is 0.538. The number of rotatable bonds is 2. The third-order valence-electron chi connectivity index (χ3n) is 3.45. The van der Waals surface area contributed by atoms with Crippen LogP contribution < -0.4 is 5.73 Å². The maximum absolute atomic E-state index is 13.0. The van der Waals surface area contributed by atoms with Crippen LogP contribution in [0.4, 0.5) is 4.39 Å². The van der Waals surface area contributed by atoms with Gasteiger partial charge in [0.15, 0.2) is 0 Å². The molecule has 15 heavy (non-hydrogen) atoms. The topological polar surface area (TPSA) is 26.0 Å². The molecule has 2 heteroatoms. The van der Waals surface area contributed by atoms with Crippen molar-refractivity contribution in [3.05, 3.63) is 34.9 Å². The smallest absolute Gasteiger partial charge is 0.102 e. The molecule has 1 saturated carbocycles. The minimum absolute atomic E-state index is 0.0871. The molecule has 0 bridgehead atoms. The van der Waals surface area contributed by atoms with E-state index in [-0.39, 0.29) is 5.41 Å². The lowest BCUT2D eigenvalue weighted by Crippen LogP contribution is -2.48. The molecule has 0 amide bonds. The maximum atomic E-state index is 13.0. The molecule has 1 fully saturated rings. The standard InChI is InChI=1S/C13H18FN/c1-9-3-10(2)5-11(4-9)13(8-15)6-12(14)7-13/h3-5,12H,6-8,15H2,1-2H3. The van der Waals surface area contributed by atoms with Crippen molar-refractivity contribution in [3.63, 3.8) is 0 Å². The molecule has 1 aromatic rings. The van der Waals surface area contributed by atoms with Gasteiger partial charge in [0.1, 0.15) is 6.17 Å². The van der Waals surface area contributed by atoms with Crippen LogP contribution in [0.25, 0.3) is 0 Å². The van der Waals surface area contributed by atoms with Crippen molar-refractivity contribution < 1.29 is 4.39 Å². The fourth-order valence-corrected chi connectivity index (χ4v) is 2.59. The minimum atomic E-state index is -0.658. The molecular formula is C13H18FN. The van der Waals surface area contributed by atoms with E-state index in [0.717, 1.165) is 0 Å². The molecule has 1 nitrogen and oxygen atoms in total. The van der Waals surface area contributed by atoms with Gasteiger partial charge in [-0.2, -0.15) is 0 Å². The van der Waals surface area contributed by atoms with Crippen molar-refractivity contribution in [1.82, 2.24) is 0 Å². The first-order chi connectivity index (χ1) is 7.05. The van der Waals surface area contributed by atoms with E-state index in [1.54, 1.807) is 0 Å². The molecule has 0 aromatic heterocycles.